The molecule has 1 aromatic rings. The smallest absolute Gasteiger partial charge is 0.338 e. The molecule has 0 aliphatic carbocycles. The first-order chi connectivity index (χ1) is 12.9. The van der Waals surface area contributed by atoms with E-state index in [1.807, 2.05) is 0 Å². The van der Waals surface area contributed by atoms with Gasteiger partial charge in [-0.05, 0) is 25.7 Å². The molecule has 0 bridgehead atoms. The highest BCUT2D eigenvalue weighted by Gasteiger charge is 2.40. The highest BCUT2D eigenvalue weighted by Crippen LogP contribution is 2.37. The average molecular weight is 380 g/mol. The molecule has 3 rings (SSSR count). The van der Waals surface area contributed by atoms with E-state index in [1.165, 1.54) is 0 Å². The van der Waals surface area contributed by atoms with Gasteiger partial charge in [0.15, 0.2) is 5.79 Å². The van der Waals surface area contributed by atoms with E-state index in [9.17, 15) is 25.0 Å². The van der Waals surface area contributed by atoms with Gasteiger partial charge in [-0.2, -0.15) is 0 Å². The molecule has 0 N–H and O–H groups in total. The molecule has 0 saturated carbocycles. The molecule has 2 aliphatic heterocycles. The van der Waals surface area contributed by atoms with Crippen molar-refractivity contribution >= 4 is 17.3 Å². The molecule has 1 spiro atoms. The quantitative estimate of drug-likeness (QED) is 0.432. The van der Waals surface area contributed by atoms with Crippen molar-refractivity contribution in [3.05, 3.63) is 44.0 Å². The Balaban J connectivity index is 1.65. The number of benzene rings is 1. The Morgan fingerprint density at radius 1 is 1.11 bits per heavy atom. The van der Waals surface area contributed by atoms with Gasteiger partial charge in [0.25, 0.3) is 11.4 Å². The predicted octanol–water partition coefficient (Wildman–Crippen LogP) is 3.13. The zero-order valence-electron chi connectivity index (χ0n) is 14.6. The Hall–Kier alpha value is -2.59. The minimum atomic E-state index is -0.866. The number of nitrogens with zero attached hydrogens (tertiary/aromatic N) is 2. The molecular weight excluding hydrogens is 360 g/mol. The van der Waals surface area contributed by atoms with Crippen LogP contribution in [0.4, 0.5) is 11.4 Å². The molecule has 0 amide bonds. The molecule has 0 radical (unpaired) electrons. The summed E-state index contributed by atoms with van der Waals surface area (Å²) in [6.45, 7) is 0.601. The van der Waals surface area contributed by atoms with Crippen LogP contribution in [0.2, 0.25) is 0 Å². The summed E-state index contributed by atoms with van der Waals surface area (Å²) in [5.41, 5.74) is -1.32. The molecule has 27 heavy (non-hydrogen) atoms. The fourth-order valence-corrected chi connectivity index (χ4v) is 3.43. The van der Waals surface area contributed by atoms with Crippen molar-refractivity contribution in [1.29, 1.82) is 0 Å². The summed E-state index contributed by atoms with van der Waals surface area (Å²) in [5, 5.41) is 21.8. The lowest BCUT2D eigenvalue weighted by Crippen LogP contribution is -2.46. The number of nitro benzene ring substituents is 2. The number of carbonyl (C=O) groups excluding carboxylic acids is 1. The van der Waals surface area contributed by atoms with Gasteiger partial charge in [0.1, 0.15) is 6.61 Å². The second kappa shape index (κ2) is 7.97. The van der Waals surface area contributed by atoms with Crippen LogP contribution in [0.1, 0.15) is 48.9 Å². The van der Waals surface area contributed by atoms with Crippen LogP contribution >= 0.6 is 0 Å². The Morgan fingerprint density at radius 2 is 1.78 bits per heavy atom. The lowest BCUT2D eigenvalue weighted by atomic mass is 9.95. The zero-order valence-corrected chi connectivity index (χ0v) is 14.6. The fourth-order valence-electron chi connectivity index (χ4n) is 3.43. The number of hydrogen-bond donors (Lipinski definition) is 0. The van der Waals surface area contributed by atoms with Crippen LogP contribution in [-0.2, 0) is 14.2 Å². The molecule has 1 aromatic carbocycles. The van der Waals surface area contributed by atoms with Crippen LogP contribution in [0, 0.1) is 20.2 Å². The highest BCUT2D eigenvalue weighted by molar-refractivity contribution is 5.91. The largest absolute Gasteiger partial charge is 0.459 e. The third kappa shape index (κ3) is 4.58. The number of rotatable bonds is 5. The van der Waals surface area contributed by atoms with E-state index in [-0.39, 0.29) is 18.3 Å². The lowest BCUT2D eigenvalue weighted by Gasteiger charge is -2.43. The van der Waals surface area contributed by atoms with E-state index < -0.39 is 33.0 Å². The van der Waals surface area contributed by atoms with E-state index in [2.05, 4.69) is 0 Å². The number of carbonyl (C=O) groups is 1. The zero-order chi connectivity index (χ0) is 19.4. The average Bonchev–Trinajstić information content (AvgIpc) is 2.66. The van der Waals surface area contributed by atoms with Gasteiger partial charge in [-0.3, -0.25) is 20.2 Å². The summed E-state index contributed by atoms with van der Waals surface area (Å²) in [6, 6.07) is 2.72. The molecule has 2 heterocycles. The van der Waals surface area contributed by atoms with Crippen molar-refractivity contribution in [2.24, 2.45) is 0 Å². The van der Waals surface area contributed by atoms with Crippen molar-refractivity contribution < 1.29 is 28.9 Å². The van der Waals surface area contributed by atoms with Gasteiger partial charge in [0.2, 0.25) is 0 Å². The van der Waals surface area contributed by atoms with E-state index in [1.54, 1.807) is 0 Å². The van der Waals surface area contributed by atoms with Crippen LogP contribution in [0.25, 0.3) is 0 Å². The van der Waals surface area contributed by atoms with Gasteiger partial charge < -0.3 is 14.2 Å². The van der Waals surface area contributed by atoms with Gasteiger partial charge in [-0.1, -0.05) is 0 Å². The molecule has 2 saturated heterocycles. The van der Waals surface area contributed by atoms with Crippen molar-refractivity contribution in [3.63, 3.8) is 0 Å². The maximum absolute atomic E-state index is 12.3. The second-order valence-electron chi connectivity index (χ2n) is 6.70. The SMILES string of the molecule is O=C(OC[C@H]1CCC[C@@]2(CCCCO2)O1)c1cc([N+](=O)[O-])cc([N+](=O)[O-])c1. The number of ether oxygens (including phenoxy) is 3. The van der Waals surface area contributed by atoms with Crippen LogP contribution in [0.3, 0.4) is 0 Å². The van der Waals surface area contributed by atoms with Crippen molar-refractivity contribution in [2.75, 3.05) is 13.2 Å². The molecule has 2 fully saturated rings. The minimum Gasteiger partial charge on any atom is -0.459 e. The minimum absolute atomic E-state index is 0.0412. The van der Waals surface area contributed by atoms with E-state index >= 15 is 0 Å². The molecule has 10 nitrogen and oxygen atoms in total. The van der Waals surface area contributed by atoms with E-state index in [0.29, 0.717) is 13.0 Å². The first-order valence-corrected chi connectivity index (χ1v) is 8.81. The predicted molar refractivity (Wildman–Crippen MR) is 91.3 cm³/mol. The Morgan fingerprint density at radius 3 is 2.37 bits per heavy atom. The Bertz CT molecular complexity index is 707. The summed E-state index contributed by atoms with van der Waals surface area (Å²) >= 11 is 0. The summed E-state index contributed by atoms with van der Waals surface area (Å²) in [6.07, 6.45) is 4.86. The first kappa shape index (κ1) is 19.2. The van der Waals surface area contributed by atoms with Crippen molar-refractivity contribution in [2.45, 2.75) is 50.4 Å². The topological polar surface area (TPSA) is 131 Å². The number of esters is 1. The summed E-state index contributed by atoms with van der Waals surface area (Å²) in [7, 11) is 0. The fraction of sp³-hybridized carbons (Fsp3) is 0.588. The van der Waals surface area contributed by atoms with Gasteiger partial charge in [0, 0.05) is 25.0 Å². The third-order valence-electron chi connectivity index (χ3n) is 4.74. The molecule has 2 atom stereocenters. The first-order valence-electron chi connectivity index (χ1n) is 8.81. The highest BCUT2D eigenvalue weighted by atomic mass is 16.7. The maximum atomic E-state index is 12.3. The molecule has 2 aliphatic rings. The molecule has 146 valence electrons. The number of hydrogen-bond acceptors (Lipinski definition) is 8. The van der Waals surface area contributed by atoms with Gasteiger partial charge >= 0.3 is 5.97 Å². The van der Waals surface area contributed by atoms with E-state index in [4.69, 9.17) is 14.2 Å². The number of nitro groups is 2. The van der Waals surface area contributed by atoms with Crippen molar-refractivity contribution in [1.82, 2.24) is 0 Å². The summed E-state index contributed by atoms with van der Waals surface area (Å²) < 4.78 is 17.0. The third-order valence-corrected chi connectivity index (χ3v) is 4.74. The van der Waals surface area contributed by atoms with Crippen LogP contribution < -0.4 is 0 Å². The van der Waals surface area contributed by atoms with Crippen LogP contribution in [-0.4, -0.2) is 40.9 Å². The van der Waals surface area contributed by atoms with Crippen molar-refractivity contribution in [3.8, 4) is 0 Å². The van der Waals surface area contributed by atoms with Gasteiger partial charge in [-0.15, -0.1) is 0 Å². The van der Waals surface area contributed by atoms with Crippen LogP contribution in [0.5, 0.6) is 0 Å². The molecular formula is C17H20N2O8. The number of non-ortho nitro benzene ring substituents is 2. The standard InChI is InChI=1S/C17H20N2O8/c20-16(12-8-13(18(21)22)10-14(9-12)19(23)24)25-11-15-4-3-6-17(27-15)5-1-2-7-26-17/h8-10,15H,1-7,11H2/t15-,17-/m1/s1. The Kier molecular flexibility index (Phi) is 5.66. The molecule has 10 heteroatoms. The van der Waals surface area contributed by atoms with Crippen LogP contribution in [0.15, 0.2) is 18.2 Å². The lowest BCUT2D eigenvalue weighted by molar-refractivity contribution is -0.394. The molecule has 0 unspecified atom stereocenters. The summed E-state index contributed by atoms with van der Waals surface area (Å²) in [4.78, 5) is 32.5. The van der Waals surface area contributed by atoms with Gasteiger partial charge in [-0.25, -0.2) is 4.79 Å². The Labute approximate surface area is 154 Å². The van der Waals surface area contributed by atoms with Gasteiger partial charge in [0.05, 0.1) is 34.2 Å². The maximum Gasteiger partial charge on any atom is 0.338 e. The normalized spacial score (nSPS) is 25.1. The summed E-state index contributed by atoms with van der Waals surface area (Å²) in [5.74, 6) is -1.48. The molecule has 0 aromatic heterocycles. The van der Waals surface area contributed by atoms with E-state index in [0.717, 1.165) is 50.3 Å². The second-order valence-corrected chi connectivity index (χ2v) is 6.70. The monoisotopic (exact) mass is 380 g/mol.